The highest BCUT2D eigenvalue weighted by molar-refractivity contribution is 14.1. The van der Waals surface area contributed by atoms with Crippen LogP contribution < -0.4 is 0 Å². The van der Waals surface area contributed by atoms with Gasteiger partial charge < -0.3 is 9.47 Å². The topological polar surface area (TPSA) is 18.5 Å². The maximum absolute atomic E-state index is 12.0. The van der Waals surface area contributed by atoms with E-state index < -0.39 is 22.7 Å². The Balaban J connectivity index is 2.57. The number of hydrogen-bond acceptors (Lipinski definition) is 2. The van der Waals surface area contributed by atoms with Crippen LogP contribution in [0.3, 0.4) is 0 Å². The molecule has 1 rings (SSSR count). The first-order valence-electron chi connectivity index (χ1n) is 3.45. The van der Waals surface area contributed by atoms with E-state index in [2.05, 4.69) is 0 Å². The van der Waals surface area contributed by atoms with Crippen LogP contribution >= 0.6 is 22.6 Å². The van der Waals surface area contributed by atoms with E-state index >= 15 is 0 Å². The fourth-order valence-corrected chi connectivity index (χ4v) is 1.31. The maximum atomic E-state index is 12.0. The second-order valence-corrected chi connectivity index (χ2v) is 4.12. The third kappa shape index (κ3) is 2.23. The highest BCUT2D eigenvalue weighted by Crippen LogP contribution is 2.39. The summed E-state index contributed by atoms with van der Waals surface area (Å²) in [5.41, 5.74) is 0. The molecule has 1 fully saturated rings. The van der Waals surface area contributed by atoms with Crippen LogP contribution in [0.4, 0.5) is 13.2 Å². The quantitative estimate of drug-likeness (QED) is 0.546. The average Bonchev–Trinajstić information content (AvgIpc) is 2.32. The van der Waals surface area contributed by atoms with Gasteiger partial charge in [-0.2, -0.15) is 13.2 Å². The first-order chi connectivity index (χ1) is 5.37. The lowest BCUT2D eigenvalue weighted by atomic mass is 10.4. The van der Waals surface area contributed by atoms with Crippen molar-refractivity contribution in [2.24, 2.45) is 0 Å². The standard InChI is InChI=1S/C6H8F3IO2/c1-2-5(10)11-3-4(12-5)6(7,8)9/h4H,2-3H2,1H3/t4-,5+/m0/s1. The van der Waals surface area contributed by atoms with Crippen LogP contribution in [0.5, 0.6) is 0 Å². The monoisotopic (exact) mass is 296 g/mol. The summed E-state index contributed by atoms with van der Waals surface area (Å²) in [6.45, 7) is 1.31. The zero-order valence-electron chi connectivity index (χ0n) is 6.32. The summed E-state index contributed by atoms with van der Waals surface area (Å²) in [5.74, 6) is 0. The summed E-state index contributed by atoms with van der Waals surface area (Å²) >= 11 is 1.74. The summed E-state index contributed by atoms with van der Waals surface area (Å²) < 4.78 is 44.6. The molecule has 6 heteroatoms. The smallest absolute Gasteiger partial charge is 0.339 e. The molecule has 2 nitrogen and oxygen atoms in total. The summed E-state index contributed by atoms with van der Waals surface area (Å²) in [5, 5.41) is 0. The average molecular weight is 296 g/mol. The van der Waals surface area contributed by atoms with Crippen molar-refractivity contribution < 1.29 is 22.6 Å². The van der Waals surface area contributed by atoms with Crippen molar-refractivity contribution in [1.29, 1.82) is 0 Å². The van der Waals surface area contributed by atoms with E-state index in [1.165, 1.54) is 0 Å². The second-order valence-electron chi connectivity index (χ2n) is 2.47. The van der Waals surface area contributed by atoms with E-state index in [9.17, 15) is 13.2 Å². The summed E-state index contributed by atoms with van der Waals surface area (Å²) in [6, 6.07) is 0. The molecule has 0 spiro atoms. The van der Waals surface area contributed by atoms with Gasteiger partial charge in [-0.05, 0) is 22.6 Å². The Labute approximate surface area is 81.5 Å². The Kier molecular flexibility index (Phi) is 2.89. The lowest BCUT2D eigenvalue weighted by Gasteiger charge is -2.19. The minimum Gasteiger partial charge on any atom is -0.339 e. The molecule has 0 amide bonds. The fourth-order valence-electron chi connectivity index (χ4n) is 0.827. The predicted molar refractivity (Wildman–Crippen MR) is 43.9 cm³/mol. The molecule has 1 aliphatic rings. The third-order valence-electron chi connectivity index (χ3n) is 1.56. The normalized spacial score (nSPS) is 37.2. The molecule has 2 atom stereocenters. The zero-order chi connectivity index (χ0) is 9.41. The maximum Gasteiger partial charge on any atom is 0.417 e. The third-order valence-corrected chi connectivity index (χ3v) is 2.88. The highest BCUT2D eigenvalue weighted by atomic mass is 127. The van der Waals surface area contributed by atoms with Crippen LogP contribution in [-0.2, 0) is 9.47 Å². The number of hydrogen-bond donors (Lipinski definition) is 0. The van der Waals surface area contributed by atoms with Gasteiger partial charge in [-0.25, -0.2) is 0 Å². The lowest BCUT2D eigenvalue weighted by molar-refractivity contribution is -0.217. The molecule has 0 aromatic heterocycles. The van der Waals surface area contributed by atoms with Crippen LogP contribution in [0, 0.1) is 0 Å². The molecule has 1 aliphatic heterocycles. The van der Waals surface area contributed by atoms with Gasteiger partial charge in [0.2, 0.25) is 3.79 Å². The van der Waals surface area contributed by atoms with Gasteiger partial charge in [-0.3, -0.25) is 0 Å². The molecule has 0 aromatic carbocycles. The summed E-state index contributed by atoms with van der Waals surface area (Å²) in [6.07, 6.45) is -5.68. The SMILES string of the molecule is CC[C@@]1(I)OC[C@@H](C(F)(F)F)O1. The fraction of sp³-hybridized carbons (Fsp3) is 1.00. The van der Waals surface area contributed by atoms with Gasteiger partial charge in [0.25, 0.3) is 0 Å². The van der Waals surface area contributed by atoms with Gasteiger partial charge in [0.15, 0.2) is 6.10 Å². The van der Waals surface area contributed by atoms with E-state index in [4.69, 9.17) is 9.47 Å². The van der Waals surface area contributed by atoms with Crippen LogP contribution in [0.15, 0.2) is 0 Å². The molecule has 0 aromatic rings. The molecular weight excluding hydrogens is 288 g/mol. The summed E-state index contributed by atoms with van der Waals surface area (Å²) in [4.78, 5) is 0. The van der Waals surface area contributed by atoms with Crippen molar-refractivity contribution in [3.05, 3.63) is 0 Å². The molecule has 1 heterocycles. The molecule has 0 bridgehead atoms. The Morgan fingerprint density at radius 2 is 2.17 bits per heavy atom. The van der Waals surface area contributed by atoms with Crippen molar-refractivity contribution in [3.8, 4) is 0 Å². The van der Waals surface area contributed by atoms with Crippen LogP contribution in [-0.4, -0.2) is 22.7 Å². The Morgan fingerprint density at radius 1 is 1.58 bits per heavy atom. The largest absolute Gasteiger partial charge is 0.417 e. The van der Waals surface area contributed by atoms with Crippen LogP contribution in [0.1, 0.15) is 13.3 Å². The number of ether oxygens (including phenoxy) is 2. The number of rotatable bonds is 1. The second kappa shape index (κ2) is 3.30. The van der Waals surface area contributed by atoms with Gasteiger partial charge in [0.05, 0.1) is 6.61 Å². The first-order valence-corrected chi connectivity index (χ1v) is 4.52. The summed E-state index contributed by atoms with van der Waals surface area (Å²) in [7, 11) is 0. The first kappa shape index (κ1) is 10.5. The molecule has 12 heavy (non-hydrogen) atoms. The van der Waals surface area contributed by atoms with Crippen molar-refractivity contribution in [1.82, 2.24) is 0 Å². The molecule has 0 saturated carbocycles. The minimum atomic E-state index is -4.32. The van der Waals surface area contributed by atoms with Gasteiger partial charge in [-0.1, -0.05) is 6.92 Å². The Hall–Kier alpha value is 0.440. The van der Waals surface area contributed by atoms with Crippen molar-refractivity contribution in [2.75, 3.05) is 6.61 Å². The lowest BCUT2D eigenvalue weighted by Crippen LogP contribution is -2.32. The van der Waals surface area contributed by atoms with E-state index in [0.29, 0.717) is 6.42 Å². The van der Waals surface area contributed by atoms with Gasteiger partial charge >= 0.3 is 6.18 Å². The van der Waals surface area contributed by atoms with E-state index in [0.717, 1.165) is 0 Å². The molecule has 0 unspecified atom stereocenters. The van der Waals surface area contributed by atoms with Gasteiger partial charge in [0, 0.05) is 6.42 Å². The zero-order valence-corrected chi connectivity index (χ0v) is 8.48. The van der Waals surface area contributed by atoms with E-state index in [1.54, 1.807) is 29.5 Å². The number of halogens is 4. The highest BCUT2D eigenvalue weighted by Gasteiger charge is 2.50. The van der Waals surface area contributed by atoms with E-state index in [-0.39, 0.29) is 0 Å². The van der Waals surface area contributed by atoms with Crippen molar-refractivity contribution in [2.45, 2.75) is 29.4 Å². The van der Waals surface area contributed by atoms with E-state index in [1.807, 2.05) is 0 Å². The molecular formula is C6H8F3IO2. The minimum absolute atomic E-state index is 0.402. The Bertz CT molecular complexity index is 173. The molecule has 0 radical (unpaired) electrons. The molecule has 0 N–H and O–H groups in total. The molecule has 0 aliphatic carbocycles. The Morgan fingerprint density at radius 3 is 2.42 bits per heavy atom. The molecule has 72 valence electrons. The van der Waals surface area contributed by atoms with Crippen molar-refractivity contribution in [3.63, 3.8) is 0 Å². The number of alkyl halides is 4. The molecule has 1 saturated heterocycles. The van der Waals surface area contributed by atoms with Gasteiger partial charge in [-0.15, -0.1) is 0 Å². The van der Waals surface area contributed by atoms with Crippen LogP contribution in [0.25, 0.3) is 0 Å². The van der Waals surface area contributed by atoms with Crippen LogP contribution in [0.2, 0.25) is 0 Å². The van der Waals surface area contributed by atoms with Crippen molar-refractivity contribution >= 4 is 22.6 Å². The predicted octanol–water partition coefficient (Wildman–Crippen LogP) is 2.46. The van der Waals surface area contributed by atoms with Gasteiger partial charge in [0.1, 0.15) is 0 Å².